The van der Waals surface area contributed by atoms with Crippen molar-refractivity contribution in [1.29, 1.82) is 0 Å². The van der Waals surface area contributed by atoms with Gasteiger partial charge in [0.1, 0.15) is 11.4 Å². The van der Waals surface area contributed by atoms with Crippen LogP contribution < -0.4 is 9.47 Å². The Hall–Kier alpha value is -4.41. The minimum Gasteiger partial charge on any atom is -0.493 e. The van der Waals surface area contributed by atoms with Crippen molar-refractivity contribution in [2.75, 3.05) is 40.4 Å². The number of carbonyl (C=O) groups is 2. The number of aromatic carboxylic acids is 1. The number of amides is 1. The third-order valence-corrected chi connectivity index (χ3v) is 12.6. The van der Waals surface area contributed by atoms with Gasteiger partial charge in [-0.1, -0.05) is 31.4 Å². The number of thiophene rings is 1. The number of piperidine rings is 1. The smallest absolute Gasteiger partial charge is 0.345 e. The fraction of sp³-hybridized carbons (Fsp3) is 0.439. The molecular weight excluding hydrogens is 661 g/mol. The van der Waals surface area contributed by atoms with Crippen molar-refractivity contribution in [2.24, 2.45) is 0 Å². The van der Waals surface area contributed by atoms with Crippen LogP contribution in [0.5, 0.6) is 11.5 Å². The highest BCUT2D eigenvalue weighted by Gasteiger charge is 2.32. The van der Waals surface area contributed by atoms with Crippen LogP contribution in [0.1, 0.15) is 78.9 Å². The largest absolute Gasteiger partial charge is 0.493 e. The number of likely N-dealkylation sites (tertiary alicyclic amines) is 2. The molecule has 1 aliphatic carbocycles. The van der Waals surface area contributed by atoms with Gasteiger partial charge >= 0.3 is 5.97 Å². The Bertz CT molecular complexity index is 2080. The summed E-state index contributed by atoms with van der Waals surface area (Å²) in [5, 5.41) is 11.1. The summed E-state index contributed by atoms with van der Waals surface area (Å²) in [5.41, 5.74) is 6.78. The predicted octanol–water partition coefficient (Wildman–Crippen LogP) is 8.43. The first kappa shape index (κ1) is 33.7. The van der Waals surface area contributed by atoms with Gasteiger partial charge in [0.2, 0.25) is 5.91 Å². The minimum atomic E-state index is -0.920. The Morgan fingerprint density at radius 3 is 2.29 bits per heavy atom. The number of hydrogen-bond donors (Lipinski definition) is 1. The number of ether oxygens (including phenoxy) is 2. The van der Waals surface area contributed by atoms with E-state index in [1.165, 1.54) is 49.3 Å². The number of carbonyl (C=O) groups excluding carboxylic acids is 1. The van der Waals surface area contributed by atoms with Gasteiger partial charge in [0.15, 0.2) is 11.5 Å². The first-order chi connectivity index (χ1) is 24.9. The molecule has 51 heavy (non-hydrogen) atoms. The lowest BCUT2D eigenvalue weighted by atomic mass is 9.83. The van der Waals surface area contributed by atoms with Gasteiger partial charge in [-0.25, -0.2) is 9.78 Å². The fourth-order valence-electron chi connectivity index (χ4n) is 8.75. The van der Waals surface area contributed by atoms with Crippen LogP contribution in [0, 0.1) is 0 Å². The highest BCUT2D eigenvalue weighted by Crippen LogP contribution is 2.47. The lowest BCUT2D eigenvalue weighted by Crippen LogP contribution is -2.46. The molecule has 2 aromatic carbocycles. The number of carboxylic acid groups (broad SMARTS) is 1. The lowest BCUT2D eigenvalue weighted by molar-refractivity contribution is -0.133. The van der Waals surface area contributed by atoms with Gasteiger partial charge in [-0.3, -0.25) is 4.79 Å². The first-order valence-corrected chi connectivity index (χ1v) is 19.3. The Balaban J connectivity index is 1.18. The zero-order valence-electron chi connectivity index (χ0n) is 29.5. The van der Waals surface area contributed by atoms with Gasteiger partial charge in [0.25, 0.3) is 0 Å². The topological polar surface area (TPSA) is 97.1 Å². The molecule has 3 aromatic heterocycles. The number of fused-ring (bicyclic) bond motifs is 2. The van der Waals surface area contributed by atoms with Crippen LogP contribution in [-0.2, 0) is 11.3 Å². The van der Waals surface area contributed by atoms with Gasteiger partial charge in [-0.2, -0.15) is 0 Å². The van der Waals surface area contributed by atoms with Gasteiger partial charge in [0, 0.05) is 30.1 Å². The van der Waals surface area contributed by atoms with Crippen molar-refractivity contribution in [1.82, 2.24) is 19.4 Å². The van der Waals surface area contributed by atoms with E-state index in [4.69, 9.17) is 14.5 Å². The Morgan fingerprint density at radius 2 is 1.57 bits per heavy atom. The summed E-state index contributed by atoms with van der Waals surface area (Å²) in [6.07, 6.45) is 10.2. The first-order valence-electron chi connectivity index (χ1n) is 18.5. The Kier molecular flexibility index (Phi) is 9.46. The number of methoxy groups -OCH3 is 2. The van der Waals surface area contributed by atoms with Gasteiger partial charge in [-0.05, 0) is 111 Å². The van der Waals surface area contributed by atoms with E-state index < -0.39 is 5.97 Å². The predicted molar refractivity (Wildman–Crippen MR) is 202 cm³/mol. The SMILES string of the molecule is COc1ccc(-c2ccc3cc(-c4c(C5CCCCC5)c5sc(C(=O)O)cc5n4CC(=O)N4CCC(N5CCCC5)CC4)ccc3n2)cc1OC. The number of pyridine rings is 1. The molecule has 3 aliphatic rings. The average molecular weight is 707 g/mol. The van der Waals surface area contributed by atoms with Crippen molar-refractivity contribution in [3.8, 4) is 34.0 Å². The lowest BCUT2D eigenvalue weighted by Gasteiger charge is -2.36. The molecule has 266 valence electrons. The summed E-state index contributed by atoms with van der Waals surface area (Å²) >= 11 is 1.36. The molecule has 3 fully saturated rings. The van der Waals surface area contributed by atoms with Gasteiger partial charge < -0.3 is 28.9 Å². The Labute approximate surface area is 302 Å². The molecule has 10 heteroatoms. The molecule has 8 rings (SSSR count). The van der Waals surface area contributed by atoms with E-state index in [1.54, 1.807) is 20.3 Å². The molecule has 2 saturated heterocycles. The maximum Gasteiger partial charge on any atom is 0.345 e. The second-order valence-corrected chi connectivity index (χ2v) is 15.4. The number of carboxylic acids is 1. The van der Waals surface area contributed by atoms with Crippen LogP contribution in [0.15, 0.2) is 54.6 Å². The second kappa shape index (κ2) is 14.3. The summed E-state index contributed by atoms with van der Waals surface area (Å²) in [5.74, 6) is 0.818. The zero-order chi connectivity index (χ0) is 35.1. The molecule has 1 N–H and O–H groups in total. The number of hydrogen-bond acceptors (Lipinski definition) is 7. The maximum atomic E-state index is 14.2. The minimum absolute atomic E-state index is 0.105. The van der Waals surface area contributed by atoms with Crippen molar-refractivity contribution in [2.45, 2.75) is 76.3 Å². The molecule has 0 unspecified atom stereocenters. The molecule has 0 atom stereocenters. The van der Waals surface area contributed by atoms with E-state index >= 15 is 0 Å². The van der Waals surface area contributed by atoms with E-state index in [-0.39, 0.29) is 12.5 Å². The molecule has 0 spiro atoms. The van der Waals surface area contributed by atoms with E-state index in [1.807, 2.05) is 29.2 Å². The van der Waals surface area contributed by atoms with E-state index in [2.05, 4.69) is 33.7 Å². The molecule has 1 saturated carbocycles. The summed E-state index contributed by atoms with van der Waals surface area (Å²) in [4.78, 5) is 36.4. The van der Waals surface area contributed by atoms with Gasteiger partial charge in [0.05, 0.1) is 41.3 Å². The fourth-order valence-corrected chi connectivity index (χ4v) is 9.88. The van der Waals surface area contributed by atoms with Crippen LogP contribution in [0.4, 0.5) is 0 Å². The number of benzene rings is 2. The van der Waals surface area contributed by atoms with Gasteiger partial charge in [-0.15, -0.1) is 11.3 Å². The number of aromatic nitrogens is 2. The maximum absolute atomic E-state index is 14.2. The second-order valence-electron chi connectivity index (χ2n) is 14.3. The zero-order valence-corrected chi connectivity index (χ0v) is 30.3. The van der Waals surface area contributed by atoms with Crippen LogP contribution >= 0.6 is 11.3 Å². The van der Waals surface area contributed by atoms with Crippen LogP contribution in [0.3, 0.4) is 0 Å². The van der Waals surface area contributed by atoms with Crippen molar-refractivity contribution in [3.05, 3.63) is 65.0 Å². The Morgan fingerprint density at radius 1 is 0.824 bits per heavy atom. The molecular formula is C41H46N4O5S. The third kappa shape index (κ3) is 6.48. The molecule has 0 radical (unpaired) electrons. The third-order valence-electron chi connectivity index (χ3n) is 11.4. The molecule has 5 aromatic rings. The average Bonchev–Trinajstić information content (AvgIpc) is 3.93. The van der Waals surface area contributed by atoms with E-state index in [0.717, 1.165) is 95.2 Å². The summed E-state index contributed by atoms with van der Waals surface area (Å²) in [6.45, 7) is 4.08. The monoisotopic (exact) mass is 706 g/mol. The van der Waals surface area contributed by atoms with E-state index in [0.29, 0.717) is 28.3 Å². The molecule has 1 amide bonds. The summed E-state index contributed by atoms with van der Waals surface area (Å²) < 4.78 is 14.1. The summed E-state index contributed by atoms with van der Waals surface area (Å²) in [7, 11) is 3.26. The van der Waals surface area contributed by atoms with Crippen LogP contribution in [0.25, 0.3) is 43.6 Å². The normalized spacial score (nSPS) is 17.8. The number of nitrogens with zero attached hydrogens (tertiary/aromatic N) is 4. The van der Waals surface area contributed by atoms with Crippen LogP contribution in [-0.4, -0.2) is 82.8 Å². The number of rotatable bonds is 9. The highest BCUT2D eigenvalue weighted by molar-refractivity contribution is 7.21. The highest BCUT2D eigenvalue weighted by atomic mass is 32.1. The molecule has 9 nitrogen and oxygen atoms in total. The van der Waals surface area contributed by atoms with Crippen molar-refractivity contribution in [3.63, 3.8) is 0 Å². The van der Waals surface area contributed by atoms with Crippen LogP contribution in [0.2, 0.25) is 0 Å². The quantitative estimate of drug-likeness (QED) is 0.164. The van der Waals surface area contributed by atoms with E-state index in [9.17, 15) is 14.7 Å². The molecule has 5 heterocycles. The molecule has 2 aliphatic heterocycles. The molecule has 0 bridgehead atoms. The summed E-state index contributed by atoms with van der Waals surface area (Å²) in [6, 6.07) is 18.7. The standard InChI is InChI=1S/C41H46N4O5S/c1-49-34-15-12-28(23-35(34)50-2)32-13-10-27-22-29(11-14-31(27)42-32)39-38(26-8-4-3-5-9-26)40-33(24-36(51-40)41(47)48)45(39)25-37(46)44-20-16-30(17-21-44)43-18-6-7-19-43/h10-15,22-24,26,30H,3-9,16-21,25H2,1-2H3,(H,47,48). The van der Waals surface area contributed by atoms with Crippen molar-refractivity contribution < 1.29 is 24.2 Å². The van der Waals surface area contributed by atoms with Crippen molar-refractivity contribution >= 4 is 44.3 Å².